The number of nitrogens with one attached hydrogen (secondary N) is 1. The molecule has 1 N–H and O–H groups in total. The van der Waals surface area contributed by atoms with E-state index >= 15 is 0 Å². The Labute approximate surface area is 195 Å². The van der Waals surface area contributed by atoms with Crippen LogP contribution in [0.15, 0.2) is 12.1 Å². The largest absolute Gasteiger partial charge is 0.466 e. The van der Waals surface area contributed by atoms with Crippen LogP contribution in [0.5, 0.6) is 0 Å². The van der Waals surface area contributed by atoms with Gasteiger partial charge in [0, 0.05) is 20.0 Å². The molecular weight excluding hydrogens is 426 g/mol. The van der Waals surface area contributed by atoms with Gasteiger partial charge in [0.1, 0.15) is 5.52 Å². The first-order chi connectivity index (χ1) is 15.3. The van der Waals surface area contributed by atoms with Crippen LogP contribution in [-0.4, -0.2) is 31.9 Å². The number of esters is 1. The van der Waals surface area contributed by atoms with Gasteiger partial charge in [0.25, 0.3) is 0 Å². The average molecular weight is 460 g/mol. The summed E-state index contributed by atoms with van der Waals surface area (Å²) in [6, 6.07) is 4.06. The van der Waals surface area contributed by atoms with Crippen molar-refractivity contribution in [2.75, 3.05) is 11.9 Å². The fraction of sp³-hybridized carbons (Fsp3) is 0.542. The predicted molar refractivity (Wildman–Crippen MR) is 130 cm³/mol. The van der Waals surface area contributed by atoms with E-state index in [0.717, 1.165) is 41.0 Å². The van der Waals surface area contributed by atoms with E-state index in [9.17, 15) is 4.79 Å². The summed E-state index contributed by atoms with van der Waals surface area (Å²) in [4.78, 5) is 16.8. The van der Waals surface area contributed by atoms with Crippen LogP contribution in [0.2, 0.25) is 5.02 Å². The number of hydrogen-bond donors (Lipinski definition) is 1. The molecule has 2 heterocycles. The summed E-state index contributed by atoms with van der Waals surface area (Å²) in [5.74, 6) is 0.942. The number of nitrogens with zero attached hydrogens (tertiary/aromatic N) is 4. The Kier molecular flexibility index (Phi) is 7.82. The SMILES string of the molecule is CCOC(=O)CCCn1c(Nc2c(C)nn(C)c2C)nc2c(Cl)ccc(C(CC)CC)c21. The van der Waals surface area contributed by atoms with Gasteiger partial charge < -0.3 is 14.6 Å². The third-order valence-corrected chi connectivity index (χ3v) is 6.42. The average Bonchev–Trinajstić information content (AvgIpc) is 3.23. The highest BCUT2D eigenvalue weighted by atomic mass is 35.5. The molecule has 0 aliphatic heterocycles. The molecule has 0 spiro atoms. The van der Waals surface area contributed by atoms with Gasteiger partial charge in [0.2, 0.25) is 5.95 Å². The van der Waals surface area contributed by atoms with Crippen LogP contribution in [0, 0.1) is 13.8 Å². The molecule has 2 aromatic heterocycles. The van der Waals surface area contributed by atoms with Crippen molar-refractivity contribution in [1.29, 1.82) is 0 Å². The van der Waals surface area contributed by atoms with Crippen LogP contribution < -0.4 is 5.32 Å². The fourth-order valence-electron chi connectivity index (χ4n) is 4.28. The first kappa shape index (κ1) is 24.1. The summed E-state index contributed by atoms with van der Waals surface area (Å²) in [6.45, 7) is 11.3. The number of carbonyl (C=O) groups is 1. The van der Waals surface area contributed by atoms with E-state index in [1.165, 1.54) is 5.56 Å². The van der Waals surface area contributed by atoms with Gasteiger partial charge in [-0.1, -0.05) is 31.5 Å². The van der Waals surface area contributed by atoms with Gasteiger partial charge in [-0.15, -0.1) is 0 Å². The van der Waals surface area contributed by atoms with Crippen molar-refractivity contribution in [3.05, 3.63) is 34.1 Å². The van der Waals surface area contributed by atoms with Gasteiger partial charge in [-0.3, -0.25) is 9.48 Å². The van der Waals surface area contributed by atoms with Gasteiger partial charge in [-0.05, 0) is 57.6 Å². The lowest BCUT2D eigenvalue weighted by Gasteiger charge is -2.18. The van der Waals surface area contributed by atoms with Crippen molar-refractivity contribution >= 4 is 40.2 Å². The zero-order valence-electron chi connectivity index (χ0n) is 20.0. The summed E-state index contributed by atoms with van der Waals surface area (Å²) in [5, 5.41) is 8.65. The van der Waals surface area contributed by atoms with Crippen LogP contribution in [0.3, 0.4) is 0 Å². The predicted octanol–water partition coefficient (Wildman–Crippen LogP) is 6.03. The minimum Gasteiger partial charge on any atom is -0.466 e. The molecule has 0 bridgehead atoms. The second-order valence-corrected chi connectivity index (χ2v) is 8.54. The molecule has 8 heteroatoms. The Morgan fingerprint density at radius 3 is 2.53 bits per heavy atom. The topological polar surface area (TPSA) is 74.0 Å². The Morgan fingerprint density at radius 2 is 1.94 bits per heavy atom. The molecule has 0 unspecified atom stereocenters. The zero-order valence-corrected chi connectivity index (χ0v) is 20.7. The third-order valence-electron chi connectivity index (χ3n) is 6.12. The van der Waals surface area contributed by atoms with Crippen LogP contribution in [0.1, 0.15) is 69.3 Å². The number of benzene rings is 1. The number of ether oxygens (including phenoxy) is 1. The lowest BCUT2D eigenvalue weighted by Crippen LogP contribution is -2.10. The number of aryl methyl sites for hydroxylation is 3. The van der Waals surface area contributed by atoms with Crippen molar-refractivity contribution in [1.82, 2.24) is 19.3 Å². The Balaban J connectivity index is 2.11. The minimum atomic E-state index is -0.177. The number of hydrogen-bond acceptors (Lipinski definition) is 5. The van der Waals surface area contributed by atoms with E-state index in [0.29, 0.717) is 42.9 Å². The number of rotatable bonds is 10. The monoisotopic (exact) mass is 459 g/mol. The molecule has 0 saturated carbocycles. The zero-order chi connectivity index (χ0) is 23.4. The smallest absolute Gasteiger partial charge is 0.305 e. The molecule has 0 atom stereocenters. The second kappa shape index (κ2) is 10.4. The van der Waals surface area contributed by atoms with Crippen LogP contribution in [0.4, 0.5) is 11.6 Å². The molecule has 0 radical (unpaired) electrons. The van der Waals surface area contributed by atoms with Gasteiger partial charge >= 0.3 is 5.97 Å². The number of fused-ring (bicyclic) bond motifs is 1. The van der Waals surface area contributed by atoms with E-state index in [1.807, 2.05) is 38.6 Å². The third kappa shape index (κ3) is 4.77. The van der Waals surface area contributed by atoms with E-state index in [2.05, 4.69) is 34.9 Å². The van der Waals surface area contributed by atoms with Crippen LogP contribution in [0.25, 0.3) is 11.0 Å². The Bertz CT molecular complexity index is 1100. The standard InChI is InChI=1S/C24H34ClN5O2/c1-7-17(8-2)18-12-13-19(25)22-23(18)30(14-10-11-20(31)32-9-3)24(27-22)26-21-15(4)28-29(6)16(21)5/h12-13,17H,7-11,14H2,1-6H3,(H,26,27). The maximum atomic E-state index is 11.9. The van der Waals surface area contributed by atoms with Gasteiger partial charge in [0.15, 0.2) is 0 Å². The van der Waals surface area contributed by atoms with Crippen molar-refractivity contribution in [3.8, 4) is 0 Å². The molecule has 32 heavy (non-hydrogen) atoms. The van der Waals surface area contributed by atoms with Gasteiger partial charge in [-0.25, -0.2) is 4.98 Å². The molecule has 0 aliphatic carbocycles. The highest BCUT2D eigenvalue weighted by molar-refractivity contribution is 6.35. The first-order valence-corrected chi connectivity index (χ1v) is 11.8. The number of anilines is 2. The highest BCUT2D eigenvalue weighted by Gasteiger charge is 2.22. The maximum absolute atomic E-state index is 11.9. The molecule has 7 nitrogen and oxygen atoms in total. The number of halogens is 1. The summed E-state index contributed by atoms with van der Waals surface area (Å²) in [6.07, 6.45) is 3.08. The molecule has 174 valence electrons. The quantitative estimate of drug-likeness (QED) is 0.374. The molecule has 1 aromatic carbocycles. The Hall–Kier alpha value is -2.54. The summed E-state index contributed by atoms with van der Waals surface area (Å²) in [7, 11) is 1.93. The van der Waals surface area contributed by atoms with Gasteiger partial charge in [-0.2, -0.15) is 5.10 Å². The normalized spacial score (nSPS) is 11.5. The van der Waals surface area contributed by atoms with Crippen molar-refractivity contribution in [2.24, 2.45) is 7.05 Å². The van der Waals surface area contributed by atoms with Crippen LogP contribution >= 0.6 is 11.6 Å². The Morgan fingerprint density at radius 1 is 1.22 bits per heavy atom. The van der Waals surface area contributed by atoms with Crippen molar-refractivity contribution in [3.63, 3.8) is 0 Å². The minimum absolute atomic E-state index is 0.177. The number of carbonyl (C=O) groups excluding carboxylic acids is 1. The number of imidazole rings is 1. The second-order valence-electron chi connectivity index (χ2n) is 8.14. The number of aromatic nitrogens is 4. The summed E-state index contributed by atoms with van der Waals surface area (Å²) in [5.41, 5.74) is 5.94. The molecule has 3 aromatic rings. The lowest BCUT2D eigenvalue weighted by atomic mass is 9.93. The maximum Gasteiger partial charge on any atom is 0.305 e. The van der Waals surface area contributed by atoms with Crippen molar-refractivity contribution < 1.29 is 9.53 Å². The van der Waals surface area contributed by atoms with E-state index < -0.39 is 0 Å². The molecule has 0 fully saturated rings. The molecule has 0 aliphatic rings. The molecule has 0 amide bonds. The van der Waals surface area contributed by atoms with E-state index in [1.54, 1.807) is 0 Å². The van der Waals surface area contributed by atoms with Crippen molar-refractivity contribution in [2.45, 2.75) is 72.8 Å². The molecule has 0 saturated heterocycles. The fourth-order valence-corrected chi connectivity index (χ4v) is 4.48. The molecule has 3 rings (SSSR count). The van der Waals surface area contributed by atoms with Gasteiger partial charge in [0.05, 0.1) is 34.2 Å². The molecular formula is C24H34ClN5O2. The van der Waals surface area contributed by atoms with E-state index in [-0.39, 0.29) is 5.97 Å². The highest BCUT2D eigenvalue weighted by Crippen LogP contribution is 2.37. The summed E-state index contributed by atoms with van der Waals surface area (Å²) < 4.78 is 9.13. The first-order valence-electron chi connectivity index (χ1n) is 11.4. The lowest BCUT2D eigenvalue weighted by molar-refractivity contribution is -0.143. The van der Waals surface area contributed by atoms with E-state index in [4.69, 9.17) is 21.3 Å². The van der Waals surface area contributed by atoms with Crippen LogP contribution in [-0.2, 0) is 23.1 Å². The summed E-state index contributed by atoms with van der Waals surface area (Å²) >= 11 is 6.61.